The van der Waals surface area contributed by atoms with Crippen molar-refractivity contribution in [3.05, 3.63) is 35.6 Å². The Morgan fingerprint density at radius 3 is 2.29 bits per heavy atom. The summed E-state index contributed by atoms with van der Waals surface area (Å²) >= 11 is 0. The number of amides is 1. The minimum atomic E-state index is -2.32. The first kappa shape index (κ1) is 19.9. The molecule has 1 unspecified atom stereocenters. The summed E-state index contributed by atoms with van der Waals surface area (Å²) in [4.78, 5) is 23.9. The highest BCUT2D eigenvalue weighted by atomic mass is 19.1. The summed E-state index contributed by atoms with van der Waals surface area (Å²) in [6.07, 6.45) is -3.29. The van der Waals surface area contributed by atoms with E-state index in [2.05, 4.69) is 10.1 Å². The van der Waals surface area contributed by atoms with E-state index in [-0.39, 0.29) is 12.2 Å². The molecule has 0 heterocycles. The van der Waals surface area contributed by atoms with Gasteiger partial charge in [0.25, 0.3) is 0 Å². The van der Waals surface area contributed by atoms with E-state index in [4.69, 9.17) is 4.74 Å². The van der Waals surface area contributed by atoms with E-state index < -0.39 is 35.2 Å². The van der Waals surface area contributed by atoms with Crippen LogP contribution in [0.4, 0.5) is 13.6 Å². The zero-order valence-electron chi connectivity index (χ0n) is 14.5. The Morgan fingerprint density at radius 2 is 1.79 bits per heavy atom. The smallest absolute Gasteiger partial charge is 0.408 e. The Bertz CT molecular complexity index is 600. The summed E-state index contributed by atoms with van der Waals surface area (Å²) in [5, 5.41) is 2.27. The fourth-order valence-corrected chi connectivity index (χ4v) is 2.12. The molecule has 0 saturated carbocycles. The number of alkyl halides is 1. The number of nitrogens with one attached hydrogen (secondary N) is 1. The second-order valence-electron chi connectivity index (χ2n) is 6.42. The highest BCUT2D eigenvalue weighted by Crippen LogP contribution is 2.30. The zero-order valence-corrected chi connectivity index (χ0v) is 14.5. The summed E-state index contributed by atoms with van der Waals surface area (Å²) < 4.78 is 38.7. The van der Waals surface area contributed by atoms with Gasteiger partial charge in [-0.15, -0.1) is 0 Å². The van der Waals surface area contributed by atoms with Crippen LogP contribution in [0.15, 0.2) is 24.3 Å². The molecule has 0 saturated heterocycles. The summed E-state index contributed by atoms with van der Waals surface area (Å²) in [5.74, 6) is -1.96. The summed E-state index contributed by atoms with van der Waals surface area (Å²) in [6, 6.07) is 5.30. The van der Waals surface area contributed by atoms with Gasteiger partial charge in [0.15, 0.2) is 0 Å². The first-order valence-corrected chi connectivity index (χ1v) is 7.58. The van der Waals surface area contributed by atoms with Crippen LogP contribution in [-0.2, 0) is 19.8 Å². The molecule has 0 aliphatic carbocycles. The molecule has 0 aliphatic rings. The van der Waals surface area contributed by atoms with Crippen molar-refractivity contribution in [1.82, 2.24) is 5.32 Å². The van der Waals surface area contributed by atoms with E-state index in [0.29, 0.717) is 0 Å². The standard InChI is InChI=1S/C17H23F2NO4/c1-6-23-14(21)13(19)17(5,11-9-7-8-10-12(11)18)20-15(22)24-16(2,3)4/h7-10,13H,6H2,1-5H3,(H,20,22)/t13-,17?/m0/s1. The van der Waals surface area contributed by atoms with Gasteiger partial charge in [0.2, 0.25) is 6.17 Å². The molecule has 0 radical (unpaired) electrons. The maximum absolute atomic E-state index is 14.8. The number of alkyl carbamates (subject to hydrolysis) is 1. The Balaban J connectivity index is 3.24. The van der Waals surface area contributed by atoms with Gasteiger partial charge in [-0.2, -0.15) is 0 Å². The highest BCUT2D eigenvalue weighted by Gasteiger charge is 2.46. The van der Waals surface area contributed by atoms with E-state index in [1.54, 1.807) is 20.8 Å². The third-order valence-electron chi connectivity index (χ3n) is 3.19. The topological polar surface area (TPSA) is 64.6 Å². The number of ether oxygens (including phenoxy) is 2. The largest absolute Gasteiger partial charge is 0.464 e. The van der Waals surface area contributed by atoms with Crippen molar-refractivity contribution in [1.29, 1.82) is 0 Å². The van der Waals surface area contributed by atoms with Gasteiger partial charge in [-0.1, -0.05) is 18.2 Å². The second kappa shape index (κ2) is 7.59. The van der Waals surface area contributed by atoms with Crippen LogP contribution in [0.5, 0.6) is 0 Å². The average Bonchev–Trinajstić information content (AvgIpc) is 2.44. The molecule has 0 aromatic heterocycles. The molecule has 134 valence electrons. The van der Waals surface area contributed by atoms with E-state index in [9.17, 15) is 18.4 Å². The number of esters is 1. The molecule has 0 spiro atoms. The van der Waals surface area contributed by atoms with Crippen LogP contribution >= 0.6 is 0 Å². The molecule has 0 bridgehead atoms. The van der Waals surface area contributed by atoms with E-state index in [1.807, 2.05) is 0 Å². The van der Waals surface area contributed by atoms with Crippen molar-refractivity contribution < 1.29 is 27.8 Å². The van der Waals surface area contributed by atoms with Gasteiger partial charge < -0.3 is 14.8 Å². The fraction of sp³-hybridized carbons (Fsp3) is 0.529. The molecule has 1 aromatic carbocycles. The summed E-state index contributed by atoms with van der Waals surface area (Å²) in [5.41, 5.74) is -3.01. The lowest BCUT2D eigenvalue weighted by atomic mass is 9.86. The lowest BCUT2D eigenvalue weighted by Gasteiger charge is -2.34. The number of hydrogen-bond donors (Lipinski definition) is 1. The molecule has 1 N–H and O–H groups in total. The van der Waals surface area contributed by atoms with E-state index >= 15 is 0 Å². The van der Waals surface area contributed by atoms with Gasteiger partial charge in [-0.05, 0) is 40.7 Å². The van der Waals surface area contributed by atoms with Crippen molar-refractivity contribution in [3.63, 3.8) is 0 Å². The lowest BCUT2D eigenvalue weighted by Crippen LogP contribution is -2.54. The van der Waals surface area contributed by atoms with Crippen LogP contribution in [0.2, 0.25) is 0 Å². The van der Waals surface area contributed by atoms with Crippen molar-refractivity contribution in [2.24, 2.45) is 0 Å². The third kappa shape index (κ3) is 4.91. The van der Waals surface area contributed by atoms with Crippen molar-refractivity contribution in [2.75, 3.05) is 6.61 Å². The zero-order chi connectivity index (χ0) is 18.5. The molecule has 1 aromatic rings. The van der Waals surface area contributed by atoms with E-state index in [0.717, 1.165) is 6.07 Å². The first-order valence-electron chi connectivity index (χ1n) is 7.58. The maximum Gasteiger partial charge on any atom is 0.408 e. The predicted molar refractivity (Wildman–Crippen MR) is 84.7 cm³/mol. The number of carbonyl (C=O) groups is 2. The van der Waals surface area contributed by atoms with Crippen molar-refractivity contribution in [2.45, 2.75) is 51.9 Å². The van der Waals surface area contributed by atoms with E-state index in [1.165, 1.54) is 32.0 Å². The van der Waals surface area contributed by atoms with Crippen LogP contribution in [0.25, 0.3) is 0 Å². The Kier molecular flexibility index (Phi) is 6.29. The molecular formula is C17H23F2NO4. The molecule has 7 heteroatoms. The molecular weight excluding hydrogens is 320 g/mol. The number of carbonyl (C=O) groups excluding carboxylic acids is 2. The third-order valence-corrected chi connectivity index (χ3v) is 3.19. The van der Waals surface area contributed by atoms with Gasteiger partial charge in [0.05, 0.1) is 6.61 Å². The van der Waals surface area contributed by atoms with Crippen LogP contribution in [-0.4, -0.2) is 30.4 Å². The summed E-state index contributed by atoms with van der Waals surface area (Å²) in [7, 11) is 0. The monoisotopic (exact) mass is 343 g/mol. The van der Waals surface area contributed by atoms with Gasteiger partial charge in [0.1, 0.15) is 17.0 Å². The quantitative estimate of drug-likeness (QED) is 0.832. The number of hydrogen-bond acceptors (Lipinski definition) is 4. The van der Waals surface area contributed by atoms with Crippen LogP contribution in [0, 0.1) is 5.82 Å². The predicted octanol–water partition coefficient (Wildman–Crippen LogP) is 3.47. The molecule has 1 amide bonds. The fourth-order valence-electron chi connectivity index (χ4n) is 2.12. The second-order valence-corrected chi connectivity index (χ2v) is 6.42. The summed E-state index contributed by atoms with van der Waals surface area (Å²) in [6.45, 7) is 7.57. The molecule has 0 fully saturated rings. The SMILES string of the molecule is CCOC(=O)[C@H](F)C(C)(NC(=O)OC(C)(C)C)c1ccccc1F. The average molecular weight is 343 g/mol. The lowest BCUT2D eigenvalue weighted by molar-refractivity contribution is -0.152. The molecule has 24 heavy (non-hydrogen) atoms. The van der Waals surface area contributed by atoms with Crippen LogP contribution < -0.4 is 5.32 Å². The maximum atomic E-state index is 14.8. The van der Waals surface area contributed by atoms with Crippen molar-refractivity contribution >= 4 is 12.1 Å². The first-order chi connectivity index (χ1) is 11.0. The number of halogens is 2. The Labute approximate surface area is 140 Å². The normalized spacial score (nSPS) is 15.1. The molecule has 1 rings (SSSR count). The number of benzene rings is 1. The molecule has 5 nitrogen and oxygen atoms in total. The number of rotatable bonds is 5. The minimum Gasteiger partial charge on any atom is -0.464 e. The Hall–Kier alpha value is -2.18. The van der Waals surface area contributed by atoms with Gasteiger partial charge in [-0.25, -0.2) is 18.4 Å². The van der Waals surface area contributed by atoms with Crippen molar-refractivity contribution in [3.8, 4) is 0 Å². The molecule has 2 atom stereocenters. The Morgan fingerprint density at radius 1 is 1.21 bits per heavy atom. The van der Waals surface area contributed by atoms with Gasteiger partial charge in [-0.3, -0.25) is 0 Å². The highest BCUT2D eigenvalue weighted by molar-refractivity contribution is 5.79. The van der Waals surface area contributed by atoms with Crippen LogP contribution in [0.1, 0.15) is 40.2 Å². The molecule has 0 aliphatic heterocycles. The van der Waals surface area contributed by atoms with Gasteiger partial charge >= 0.3 is 12.1 Å². The minimum absolute atomic E-state index is 0.0426. The van der Waals surface area contributed by atoms with Gasteiger partial charge in [0, 0.05) is 5.56 Å². The van der Waals surface area contributed by atoms with Crippen LogP contribution in [0.3, 0.4) is 0 Å².